The summed E-state index contributed by atoms with van der Waals surface area (Å²) in [5, 5.41) is 4.29. The Balaban J connectivity index is 0.969. The summed E-state index contributed by atoms with van der Waals surface area (Å²) in [5.41, 5.74) is 23.5. The van der Waals surface area contributed by atoms with Gasteiger partial charge in [0.15, 0.2) is 0 Å². The highest BCUT2D eigenvalue weighted by atomic mass is 32.2. The fourth-order valence-electron chi connectivity index (χ4n) is 13.9. The molecule has 3 heterocycles. The van der Waals surface area contributed by atoms with E-state index in [1.807, 2.05) is 11.8 Å². The number of hydrogen-bond acceptors (Lipinski definition) is 4. The molecule has 17 rings (SSSR count). The molecule has 0 N–H and O–H groups in total. The molecule has 2 aromatic heterocycles. The Hall–Kier alpha value is -8.83. The number of furan rings is 2. The van der Waals surface area contributed by atoms with Crippen molar-refractivity contribution in [1.29, 1.82) is 0 Å². The van der Waals surface area contributed by atoms with Crippen LogP contribution in [0.2, 0.25) is 0 Å². The van der Waals surface area contributed by atoms with E-state index < -0.39 is 10.8 Å². The summed E-state index contributed by atoms with van der Waals surface area (Å²) in [5.74, 6) is 0. The van der Waals surface area contributed by atoms with Gasteiger partial charge in [0.05, 0.1) is 33.0 Å². The highest BCUT2D eigenvalue weighted by Crippen LogP contribution is 2.65. The van der Waals surface area contributed by atoms with E-state index in [1.54, 1.807) is 0 Å². The van der Waals surface area contributed by atoms with E-state index in [-0.39, 0.29) is 0 Å². The first-order valence-electron chi connectivity index (χ1n) is 24.8. The lowest BCUT2D eigenvalue weighted by atomic mass is 9.67. The summed E-state index contributed by atoms with van der Waals surface area (Å²) in [6, 6.07) is 87.7. The molecule has 3 aliphatic carbocycles. The third-order valence-corrected chi connectivity index (χ3v) is 17.7. The molecule has 72 heavy (non-hydrogen) atoms. The second-order valence-corrected chi connectivity index (χ2v) is 20.8. The summed E-state index contributed by atoms with van der Waals surface area (Å²) >= 11 is 1.87. The molecule has 0 amide bonds. The lowest BCUT2D eigenvalue weighted by Gasteiger charge is -2.39. The minimum atomic E-state index is -0.514. The summed E-state index contributed by atoms with van der Waals surface area (Å²) in [6.45, 7) is 0. The van der Waals surface area contributed by atoms with E-state index in [0.29, 0.717) is 0 Å². The van der Waals surface area contributed by atoms with Crippen LogP contribution in [-0.4, -0.2) is 0 Å². The Labute approximate surface area is 419 Å². The van der Waals surface area contributed by atoms with Crippen LogP contribution in [0.25, 0.3) is 77.3 Å². The van der Waals surface area contributed by atoms with Crippen molar-refractivity contribution in [1.82, 2.24) is 0 Å². The van der Waals surface area contributed by atoms with Crippen LogP contribution >= 0.6 is 11.8 Å². The SMILES string of the molecule is c1ccc2c(c1)Sc1ccccc1C21c2ccccc2-c2cc3c(cc21)oc1cccc(N(c2ccc4c(c2)C2(c5ccccc5-c5ccccc52)c2ccccc2-4)c2cccc4oc5ccccc5c24)c13. The van der Waals surface area contributed by atoms with E-state index >= 15 is 0 Å². The zero-order valence-corrected chi connectivity index (χ0v) is 39.5. The van der Waals surface area contributed by atoms with Gasteiger partial charge in [-0.2, -0.15) is 0 Å². The number of fused-ring (bicyclic) bond motifs is 25. The van der Waals surface area contributed by atoms with E-state index in [1.165, 1.54) is 87.7 Å². The van der Waals surface area contributed by atoms with Crippen LogP contribution in [0.3, 0.4) is 0 Å². The highest BCUT2D eigenvalue weighted by molar-refractivity contribution is 7.99. The summed E-state index contributed by atoms with van der Waals surface area (Å²) < 4.78 is 13.9. The normalized spacial score (nSPS) is 14.6. The molecule has 0 radical (unpaired) electrons. The smallest absolute Gasteiger partial charge is 0.137 e. The number of anilines is 3. The molecule has 3 nitrogen and oxygen atoms in total. The van der Waals surface area contributed by atoms with E-state index in [0.717, 1.165) is 60.9 Å². The van der Waals surface area contributed by atoms with Gasteiger partial charge >= 0.3 is 0 Å². The number of nitrogens with zero attached hydrogens (tertiary/aromatic N) is 1. The molecular formula is C68H39NO2S. The summed E-state index contributed by atoms with van der Waals surface area (Å²) in [7, 11) is 0. The van der Waals surface area contributed by atoms with Gasteiger partial charge in [0.2, 0.25) is 0 Å². The van der Waals surface area contributed by atoms with Gasteiger partial charge in [0.1, 0.15) is 22.3 Å². The standard InChI is InChI=1S/C68H39NO2S/c1-6-22-49-41(17-1)42-18-2-7-23-50(42)67(49)51-24-8-3-19-43(51)45-36-35-40(37-55(45)67)69(57-28-15-31-60-65(57)46-21-5-12-30-59(46)70-60)58-29-16-32-61-66(58)48-38-47-44-20-4-9-25-52(44)68(56(47)39-62(48)71-61)53-26-10-13-33-63(53)72-64-34-14-11-27-54(64)68/h1-39H. The zero-order valence-electron chi connectivity index (χ0n) is 38.7. The van der Waals surface area contributed by atoms with Crippen LogP contribution in [0, 0.1) is 0 Å². The number of rotatable bonds is 3. The number of hydrogen-bond donors (Lipinski definition) is 0. The van der Waals surface area contributed by atoms with Crippen molar-refractivity contribution in [3.8, 4) is 33.4 Å². The number of para-hydroxylation sites is 1. The molecule has 334 valence electrons. The van der Waals surface area contributed by atoms with Crippen molar-refractivity contribution in [3.05, 3.63) is 281 Å². The predicted octanol–water partition coefficient (Wildman–Crippen LogP) is 18.1. The van der Waals surface area contributed by atoms with Crippen molar-refractivity contribution in [3.63, 3.8) is 0 Å². The van der Waals surface area contributed by atoms with E-state index in [9.17, 15) is 0 Å². The van der Waals surface area contributed by atoms with Gasteiger partial charge in [-0.25, -0.2) is 0 Å². The maximum Gasteiger partial charge on any atom is 0.137 e. The molecular weight excluding hydrogens is 895 g/mol. The third kappa shape index (κ3) is 4.70. The minimum Gasteiger partial charge on any atom is -0.456 e. The maximum atomic E-state index is 7.21. The van der Waals surface area contributed by atoms with Crippen LogP contribution in [-0.2, 0) is 10.8 Å². The lowest BCUT2D eigenvalue weighted by Crippen LogP contribution is -2.31. The molecule has 0 atom stereocenters. The summed E-state index contributed by atoms with van der Waals surface area (Å²) in [6.07, 6.45) is 0. The van der Waals surface area contributed by atoms with Crippen molar-refractivity contribution in [2.75, 3.05) is 4.90 Å². The first-order chi connectivity index (χ1) is 35.7. The Kier molecular flexibility index (Phi) is 7.54. The topological polar surface area (TPSA) is 29.5 Å². The number of benzene rings is 11. The van der Waals surface area contributed by atoms with Gasteiger partial charge in [-0.3, -0.25) is 0 Å². The largest absolute Gasteiger partial charge is 0.456 e. The van der Waals surface area contributed by atoms with Crippen LogP contribution in [0.1, 0.15) is 44.5 Å². The van der Waals surface area contributed by atoms with Crippen LogP contribution < -0.4 is 4.90 Å². The van der Waals surface area contributed by atoms with Crippen molar-refractivity contribution < 1.29 is 8.83 Å². The average molecular weight is 934 g/mol. The van der Waals surface area contributed by atoms with Gasteiger partial charge < -0.3 is 13.7 Å². The molecule has 4 heteroatoms. The minimum absolute atomic E-state index is 0.512. The highest BCUT2D eigenvalue weighted by Gasteiger charge is 2.53. The molecule has 4 aliphatic rings. The van der Waals surface area contributed by atoms with Crippen LogP contribution in [0.5, 0.6) is 0 Å². The van der Waals surface area contributed by atoms with Gasteiger partial charge in [-0.05, 0) is 145 Å². The quantitative estimate of drug-likeness (QED) is 0.177. The first-order valence-corrected chi connectivity index (χ1v) is 25.6. The zero-order chi connectivity index (χ0) is 46.9. The molecule has 0 unspecified atom stereocenters. The Morgan fingerprint density at radius 2 is 0.722 bits per heavy atom. The molecule has 0 saturated carbocycles. The molecule has 0 fully saturated rings. The predicted molar refractivity (Wildman–Crippen MR) is 293 cm³/mol. The molecule has 0 bridgehead atoms. The Morgan fingerprint density at radius 3 is 1.32 bits per heavy atom. The molecule has 11 aromatic carbocycles. The van der Waals surface area contributed by atoms with Gasteiger partial charge in [-0.1, -0.05) is 182 Å². The van der Waals surface area contributed by atoms with Crippen molar-refractivity contribution in [2.24, 2.45) is 0 Å². The molecule has 13 aromatic rings. The molecule has 2 spiro atoms. The Morgan fingerprint density at radius 1 is 0.292 bits per heavy atom. The average Bonchev–Trinajstić information content (AvgIpc) is 4.23. The van der Waals surface area contributed by atoms with Crippen molar-refractivity contribution >= 4 is 72.7 Å². The fourth-order valence-corrected chi connectivity index (χ4v) is 15.1. The maximum absolute atomic E-state index is 7.21. The van der Waals surface area contributed by atoms with E-state index in [2.05, 4.69) is 241 Å². The van der Waals surface area contributed by atoms with Gasteiger partial charge in [-0.15, -0.1) is 0 Å². The van der Waals surface area contributed by atoms with Crippen LogP contribution in [0.15, 0.2) is 255 Å². The third-order valence-electron chi connectivity index (χ3n) is 16.5. The van der Waals surface area contributed by atoms with E-state index in [4.69, 9.17) is 8.83 Å². The van der Waals surface area contributed by atoms with Gasteiger partial charge in [0, 0.05) is 26.3 Å². The molecule has 1 aliphatic heterocycles. The summed E-state index contributed by atoms with van der Waals surface area (Å²) in [4.78, 5) is 5.05. The van der Waals surface area contributed by atoms with Crippen LogP contribution in [0.4, 0.5) is 17.1 Å². The monoisotopic (exact) mass is 933 g/mol. The van der Waals surface area contributed by atoms with Crippen molar-refractivity contribution in [2.45, 2.75) is 20.6 Å². The fraction of sp³-hybridized carbons (Fsp3) is 0.0294. The lowest BCUT2D eigenvalue weighted by molar-refractivity contribution is 0.664. The second-order valence-electron chi connectivity index (χ2n) is 19.7. The molecule has 0 saturated heterocycles. The first kappa shape index (κ1) is 39.0. The second kappa shape index (κ2) is 13.9. The Bertz CT molecular complexity index is 4420. The van der Waals surface area contributed by atoms with Gasteiger partial charge in [0.25, 0.3) is 0 Å².